The van der Waals surface area contributed by atoms with Crippen molar-refractivity contribution in [3.05, 3.63) is 0 Å². The first-order chi connectivity index (χ1) is 9.65. The van der Waals surface area contributed by atoms with Gasteiger partial charge in [0.1, 0.15) is 6.61 Å². The van der Waals surface area contributed by atoms with Crippen LogP contribution >= 0.6 is 0 Å². The van der Waals surface area contributed by atoms with Crippen LogP contribution in [0.25, 0.3) is 0 Å². The van der Waals surface area contributed by atoms with Gasteiger partial charge in [0.15, 0.2) is 0 Å². The van der Waals surface area contributed by atoms with E-state index in [1.165, 1.54) is 0 Å². The number of rotatable bonds is 5. The topological polar surface area (TPSA) is 87.7 Å². The Kier molecular flexibility index (Phi) is 5.79. The third-order valence-electron chi connectivity index (χ3n) is 4.18. The lowest BCUT2D eigenvalue weighted by Gasteiger charge is -2.27. The summed E-state index contributed by atoms with van der Waals surface area (Å²) in [6.45, 7) is 2.01. The summed E-state index contributed by atoms with van der Waals surface area (Å²) in [6, 6.07) is 0.106. The summed E-state index contributed by atoms with van der Waals surface area (Å²) < 4.78 is 5.60. The number of carboxylic acids is 1. The minimum atomic E-state index is -0.719. The van der Waals surface area contributed by atoms with E-state index in [1.807, 2.05) is 0 Å². The van der Waals surface area contributed by atoms with Crippen LogP contribution in [0.1, 0.15) is 38.5 Å². The van der Waals surface area contributed by atoms with Gasteiger partial charge in [-0.25, -0.2) is 0 Å². The lowest BCUT2D eigenvalue weighted by atomic mass is 9.86. The number of carboxylic acid groups (broad SMARTS) is 1. The summed E-state index contributed by atoms with van der Waals surface area (Å²) in [5, 5.41) is 15.1. The number of carbonyl (C=O) groups excluding carboxylic acids is 1. The predicted octanol–water partition coefficient (Wildman–Crippen LogP) is 0.515. The smallest absolute Gasteiger partial charge is 0.306 e. The molecule has 114 valence electrons. The molecule has 2 fully saturated rings. The van der Waals surface area contributed by atoms with Gasteiger partial charge in [-0.3, -0.25) is 9.59 Å². The molecule has 6 nitrogen and oxygen atoms in total. The van der Waals surface area contributed by atoms with Crippen molar-refractivity contribution >= 4 is 11.9 Å². The first-order valence-electron chi connectivity index (χ1n) is 7.49. The van der Waals surface area contributed by atoms with Gasteiger partial charge >= 0.3 is 5.97 Å². The van der Waals surface area contributed by atoms with E-state index in [9.17, 15) is 9.59 Å². The zero-order chi connectivity index (χ0) is 14.4. The van der Waals surface area contributed by atoms with Crippen molar-refractivity contribution < 1.29 is 19.4 Å². The normalized spacial score (nSPS) is 28.0. The highest BCUT2D eigenvalue weighted by Crippen LogP contribution is 2.24. The van der Waals surface area contributed by atoms with Gasteiger partial charge in [-0.2, -0.15) is 0 Å². The van der Waals surface area contributed by atoms with Crippen molar-refractivity contribution in [3.8, 4) is 0 Å². The van der Waals surface area contributed by atoms with Crippen LogP contribution in [0.2, 0.25) is 0 Å². The Bertz CT molecular complexity index is 334. The predicted molar refractivity (Wildman–Crippen MR) is 73.4 cm³/mol. The van der Waals surface area contributed by atoms with E-state index in [1.54, 1.807) is 0 Å². The number of carbonyl (C=O) groups is 2. The molecule has 0 atom stereocenters. The number of aliphatic carboxylic acids is 1. The van der Waals surface area contributed by atoms with E-state index in [4.69, 9.17) is 9.84 Å². The number of piperidine rings is 1. The van der Waals surface area contributed by atoms with Gasteiger partial charge in [0.05, 0.1) is 12.0 Å². The number of hydrogen-bond donors (Lipinski definition) is 3. The summed E-state index contributed by atoms with van der Waals surface area (Å²) in [5.74, 6) is -1.04. The largest absolute Gasteiger partial charge is 0.481 e. The second-order valence-corrected chi connectivity index (χ2v) is 5.71. The van der Waals surface area contributed by atoms with Gasteiger partial charge in [-0.05, 0) is 51.6 Å². The zero-order valence-corrected chi connectivity index (χ0v) is 11.8. The van der Waals surface area contributed by atoms with Crippen LogP contribution in [0.15, 0.2) is 0 Å². The van der Waals surface area contributed by atoms with Crippen LogP contribution in [0.5, 0.6) is 0 Å². The minimum absolute atomic E-state index is 0.0812. The van der Waals surface area contributed by atoms with Gasteiger partial charge in [0.2, 0.25) is 5.91 Å². The van der Waals surface area contributed by atoms with Crippen molar-refractivity contribution in [1.29, 1.82) is 0 Å². The Hall–Kier alpha value is -1.14. The highest BCUT2D eigenvalue weighted by molar-refractivity contribution is 5.77. The summed E-state index contributed by atoms with van der Waals surface area (Å²) in [6.07, 6.45) is 4.88. The van der Waals surface area contributed by atoms with E-state index in [-0.39, 0.29) is 30.6 Å². The van der Waals surface area contributed by atoms with Crippen LogP contribution in [0.3, 0.4) is 0 Å². The fourth-order valence-electron chi connectivity index (χ4n) is 2.91. The minimum Gasteiger partial charge on any atom is -0.481 e. The van der Waals surface area contributed by atoms with Gasteiger partial charge < -0.3 is 20.5 Å². The highest BCUT2D eigenvalue weighted by Gasteiger charge is 2.26. The second-order valence-electron chi connectivity index (χ2n) is 5.71. The summed E-state index contributed by atoms with van der Waals surface area (Å²) >= 11 is 0. The van der Waals surface area contributed by atoms with Crippen molar-refractivity contribution in [2.45, 2.75) is 50.7 Å². The molecule has 1 aliphatic carbocycles. The third-order valence-corrected chi connectivity index (χ3v) is 4.18. The first-order valence-corrected chi connectivity index (χ1v) is 7.49. The quantitative estimate of drug-likeness (QED) is 0.685. The lowest BCUT2D eigenvalue weighted by Crippen LogP contribution is -2.41. The molecule has 0 spiro atoms. The van der Waals surface area contributed by atoms with Crippen LogP contribution in [0.4, 0.5) is 0 Å². The molecule has 2 aliphatic rings. The molecule has 1 saturated heterocycles. The fraction of sp³-hybridized carbons (Fsp3) is 0.857. The van der Waals surface area contributed by atoms with Crippen molar-refractivity contribution in [1.82, 2.24) is 10.6 Å². The molecule has 2 rings (SSSR count). The lowest BCUT2D eigenvalue weighted by molar-refractivity contribution is -0.142. The van der Waals surface area contributed by atoms with Crippen molar-refractivity contribution in [3.63, 3.8) is 0 Å². The Labute approximate surface area is 119 Å². The first kappa shape index (κ1) is 15.3. The van der Waals surface area contributed by atoms with E-state index in [0.717, 1.165) is 38.8 Å². The summed E-state index contributed by atoms with van der Waals surface area (Å²) in [7, 11) is 0. The number of ether oxygens (including phenoxy) is 1. The standard InChI is InChI=1S/C14H24N2O4/c17-13(9-20-12-5-7-15-8-6-12)16-11-3-1-10(2-4-11)14(18)19/h10-12,15H,1-9H2,(H,16,17)(H,18,19). The molecular weight excluding hydrogens is 260 g/mol. The molecule has 0 radical (unpaired) electrons. The number of amides is 1. The molecule has 1 amide bonds. The van der Waals surface area contributed by atoms with E-state index < -0.39 is 5.97 Å². The number of hydrogen-bond acceptors (Lipinski definition) is 4. The molecule has 0 aromatic carbocycles. The maximum atomic E-state index is 11.8. The Balaban J connectivity index is 1.61. The summed E-state index contributed by atoms with van der Waals surface area (Å²) in [4.78, 5) is 22.6. The molecule has 0 aromatic rings. The van der Waals surface area contributed by atoms with Crippen molar-refractivity contribution in [2.24, 2.45) is 5.92 Å². The Morgan fingerprint density at radius 2 is 1.75 bits per heavy atom. The molecule has 3 N–H and O–H groups in total. The molecule has 0 bridgehead atoms. The molecular formula is C14H24N2O4. The van der Waals surface area contributed by atoms with E-state index in [2.05, 4.69) is 10.6 Å². The van der Waals surface area contributed by atoms with Gasteiger partial charge in [-0.1, -0.05) is 0 Å². The average molecular weight is 284 g/mol. The number of nitrogens with one attached hydrogen (secondary N) is 2. The van der Waals surface area contributed by atoms with Crippen LogP contribution in [-0.4, -0.2) is 48.8 Å². The maximum Gasteiger partial charge on any atom is 0.306 e. The Morgan fingerprint density at radius 1 is 1.10 bits per heavy atom. The van der Waals surface area contributed by atoms with Gasteiger partial charge in [-0.15, -0.1) is 0 Å². The molecule has 6 heteroatoms. The highest BCUT2D eigenvalue weighted by atomic mass is 16.5. The van der Waals surface area contributed by atoms with E-state index >= 15 is 0 Å². The molecule has 20 heavy (non-hydrogen) atoms. The third kappa shape index (κ3) is 4.76. The average Bonchev–Trinajstić information content (AvgIpc) is 2.47. The molecule has 0 aromatic heterocycles. The molecule has 1 heterocycles. The second kappa shape index (κ2) is 7.59. The molecule has 0 unspecified atom stereocenters. The summed E-state index contributed by atoms with van der Waals surface area (Å²) in [5.41, 5.74) is 0. The van der Waals surface area contributed by atoms with Crippen LogP contribution in [0, 0.1) is 5.92 Å². The van der Waals surface area contributed by atoms with E-state index in [0.29, 0.717) is 12.8 Å². The van der Waals surface area contributed by atoms with Crippen molar-refractivity contribution in [2.75, 3.05) is 19.7 Å². The molecule has 1 aliphatic heterocycles. The van der Waals surface area contributed by atoms with Gasteiger partial charge in [0, 0.05) is 6.04 Å². The maximum absolute atomic E-state index is 11.8. The Morgan fingerprint density at radius 3 is 2.35 bits per heavy atom. The zero-order valence-electron chi connectivity index (χ0n) is 11.8. The van der Waals surface area contributed by atoms with Crippen LogP contribution in [-0.2, 0) is 14.3 Å². The van der Waals surface area contributed by atoms with Gasteiger partial charge in [0.25, 0.3) is 0 Å². The monoisotopic (exact) mass is 284 g/mol. The SMILES string of the molecule is O=C(COC1CCNCC1)NC1CCC(C(=O)O)CC1. The van der Waals surface area contributed by atoms with Crippen LogP contribution < -0.4 is 10.6 Å². The molecule has 1 saturated carbocycles. The fourth-order valence-corrected chi connectivity index (χ4v) is 2.91.